The highest BCUT2D eigenvalue weighted by Crippen LogP contribution is 2.35. The van der Waals surface area contributed by atoms with Crippen molar-refractivity contribution in [3.05, 3.63) is 411 Å². The van der Waals surface area contributed by atoms with Gasteiger partial charge in [-0.25, -0.2) is 54.7 Å². The molecule has 0 bridgehead atoms. The predicted molar refractivity (Wildman–Crippen MR) is 527 cm³/mol. The van der Waals surface area contributed by atoms with E-state index in [0.717, 1.165) is 51.3 Å². The fraction of sp³-hybridized carbons (Fsp3) is 0.277. The summed E-state index contributed by atoms with van der Waals surface area (Å²) < 4.78 is 185. The second-order valence-corrected chi connectivity index (χ2v) is 35.7. The number of nitrogens with two attached hydrogens (primary N) is 2. The Morgan fingerprint density at radius 3 is 1.30 bits per heavy atom. The molecule has 0 spiro atoms. The number of esters is 1. The molecule has 142 heavy (non-hydrogen) atoms. The number of amides is 2. The topological polar surface area (TPSA) is 407 Å². The summed E-state index contributed by atoms with van der Waals surface area (Å²) in [5, 5.41) is 4.92. The first-order chi connectivity index (χ1) is 66.6. The van der Waals surface area contributed by atoms with Crippen LogP contribution in [0.1, 0.15) is 136 Å². The Hall–Kier alpha value is -14.4. The van der Waals surface area contributed by atoms with Crippen LogP contribution in [0.25, 0.3) is 22.3 Å². The number of Topliss-reactive ketones (excluding diaryl/α,β-unsaturated/α-hetero) is 1. The lowest BCUT2D eigenvalue weighted by Gasteiger charge is -2.21. The van der Waals surface area contributed by atoms with Gasteiger partial charge in [-0.3, -0.25) is 70.7 Å². The molecule has 4 aromatic heterocycles. The molecule has 0 aliphatic rings. The van der Waals surface area contributed by atoms with Crippen molar-refractivity contribution in [2.75, 3.05) is 34.1 Å². The second kappa shape index (κ2) is 51.6. The summed E-state index contributed by atoms with van der Waals surface area (Å²) in [6.45, 7) is 19.5. The van der Waals surface area contributed by atoms with E-state index < -0.39 is 132 Å². The molecule has 0 saturated carbocycles. The number of H-pyrrole nitrogens is 3. The summed E-state index contributed by atoms with van der Waals surface area (Å²) >= 11 is 1.87. The highest BCUT2D eigenvalue weighted by molar-refractivity contribution is 14.1. The zero-order valence-electron chi connectivity index (χ0n) is 80.2. The number of hydrogen-bond donors (Lipinski definition) is 7. The lowest BCUT2D eigenvalue weighted by atomic mass is 10.0. The van der Waals surface area contributed by atoms with Gasteiger partial charge in [-0.05, 0) is 195 Å². The van der Waals surface area contributed by atoms with Crippen LogP contribution in [0, 0.1) is 99.7 Å². The number of nitrogens with zero attached hydrogens (tertiary/aromatic N) is 5. The Morgan fingerprint density at radius 1 is 0.493 bits per heavy atom. The Labute approximate surface area is 822 Å². The summed E-state index contributed by atoms with van der Waals surface area (Å²) in [7, 11) is 1.04. The SMILES string of the molecule is CC(=O)CC(=O)OC(C)(C)C.CN[C@@H](COS(C)(=O)=O)c1ccccc1.COc1cccc(-c2c(C)n(Cc3c(C)cccc3F)c(=O)[nH]c2=O)c1F.COc1cccc(-c2c(C)n(Cc3c(C)cccc3F)c(=O)n(C[C@H](N)c3ccccc3)c2=O)c1F.Cc1cccc(F)c1Cn1c(C)c(I)c(=O)[nH]c1=O.Cc1cccc(F)c1Cn1c(C)cc(=O)[nH]c1=O.NC(=O)NCc1c(F)cccc1C(F)(F)F. The molecule has 0 aliphatic heterocycles. The summed E-state index contributed by atoms with van der Waals surface area (Å²) in [6.07, 6.45) is -3.75. The van der Waals surface area contributed by atoms with Crippen LogP contribution in [-0.4, -0.2) is 104 Å². The number of hydrogen-bond acceptors (Lipinski definition) is 19. The van der Waals surface area contributed by atoms with Gasteiger partial charge in [0.25, 0.3) is 32.4 Å². The number of carbonyl (C=O) groups excluding carboxylic acids is 3. The molecule has 4 heterocycles. The Morgan fingerprint density at radius 2 is 0.887 bits per heavy atom. The van der Waals surface area contributed by atoms with Gasteiger partial charge < -0.3 is 36.3 Å². The van der Waals surface area contributed by atoms with Crippen molar-refractivity contribution in [3.63, 3.8) is 0 Å². The van der Waals surface area contributed by atoms with Crippen LogP contribution >= 0.6 is 22.6 Å². The third-order valence-corrected chi connectivity index (χ3v) is 23.5. The number of methoxy groups -OCH3 is 2. The van der Waals surface area contributed by atoms with Crippen LogP contribution in [-0.2, 0) is 74.1 Å². The van der Waals surface area contributed by atoms with E-state index in [-0.39, 0.29) is 114 Å². The maximum atomic E-state index is 15.3. The molecule has 0 fully saturated rings. The highest BCUT2D eigenvalue weighted by Gasteiger charge is 2.35. The van der Waals surface area contributed by atoms with Crippen LogP contribution in [0.4, 0.5) is 48.7 Å². The van der Waals surface area contributed by atoms with E-state index in [2.05, 4.69) is 20.3 Å². The van der Waals surface area contributed by atoms with Gasteiger partial charge in [0.2, 0.25) is 0 Å². The molecule has 756 valence electrons. The number of likely N-dealkylation sites (N-methyl/N-ethyl adjacent to an activating group) is 1. The van der Waals surface area contributed by atoms with Crippen molar-refractivity contribution in [2.45, 2.75) is 153 Å². The lowest BCUT2D eigenvalue weighted by molar-refractivity contribution is -0.156. The van der Waals surface area contributed by atoms with Crippen LogP contribution in [0.2, 0.25) is 0 Å². The maximum absolute atomic E-state index is 15.3. The molecular weight excluding hydrogens is 2000 g/mol. The number of ether oxygens (including phenoxy) is 3. The molecule has 41 heteroatoms. The fourth-order valence-corrected chi connectivity index (χ4v) is 14.9. The van der Waals surface area contributed by atoms with Gasteiger partial charge in [-0.1, -0.05) is 140 Å². The van der Waals surface area contributed by atoms with Gasteiger partial charge in [0.15, 0.2) is 23.1 Å². The molecular formula is C101H107F10IN12O17S. The van der Waals surface area contributed by atoms with E-state index in [4.69, 9.17) is 29.9 Å². The van der Waals surface area contributed by atoms with E-state index in [1.54, 1.807) is 149 Å². The number of benzene rings is 9. The molecule has 9 N–H and O–H groups in total. The number of primary amides is 1. The summed E-state index contributed by atoms with van der Waals surface area (Å²) in [4.78, 5) is 136. The van der Waals surface area contributed by atoms with Gasteiger partial charge in [0.1, 0.15) is 46.9 Å². The highest BCUT2D eigenvalue weighted by atomic mass is 127. The van der Waals surface area contributed by atoms with Crippen molar-refractivity contribution in [1.29, 1.82) is 0 Å². The molecule has 2 amide bonds. The minimum atomic E-state index is -4.67. The number of alkyl halides is 3. The number of ketones is 1. The van der Waals surface area contributed by atoms with E-state index in [9.17, 15) is 101 Å². The van der Waals surface area contributed by atoms with E-state index in [1.165, 1.54) is 101 Å². The van der Waals surface area contributed by atoms with Crippen molar-refractivity contribution in [2.24, 2.45) is 11.5 Å². The molecule has 0 saturated heterocycles. The maximum Gasteiger partial charge on any atom is 0.416 e. The summed E-state index contributed by atoms with van der Waals surface area (Å²) in [5.74, 6) is -4.80. The van der Waals surface area contributed by atoms with Crippen molar-refractivity contribution < 1.29 is 85.1 Å². The number of aromatic amines is 3. The Kier molecular flexibility index (Phi) is 41.7. The largest absolute Gasteiger partial charge is 0.494 e. The molecule has 0 unspecified atom stereocenters. The van der Waals surface area contributed by atoms with Gasteiger partial charge in [-0.2, -0.15) is 21.6 Å². The van der Waals surface area contributed by atoms with Crippen molar-refractivity contribution in [1.82, 2.24) is 48.4 Å². The predicted octanol–water partition coefficient (Wildman–Crippen LogP) is 15.0. The molecule has 0 radical (unpaired) electrons. The van der Waals surface area contributed by atoms with Gasteiger partial charge >= 0.3 is 40.9 Å². The standard InChI is InChI=1S/C28H27F2N3O3.C20H18F2N2O3.C13H12FIN2O2.C13H13FN2O2.C10H15NO3S.C9H8F4N2O.C8H14O3/c1-17-9-7-13-22(29)21(17)15-32-18(2)25(20-12-8-14-24(36-3)26(20)30)27(34)33(28(32)35)16-23(31)19-10-5-4-6-11-19;1-11-6-4-8-15(21)14(11)10-24-12(2)17(19(25)23-20(24)26)13-7-5-9-16(27-3)18(13)22;1-7-4-3-5-10(14)9(7)6-17-8(2)11(15)12(18)16-13(17)19;1-8-4-3-5-11(14)10(8)7-16-9(2)6-12(17)15-13(16)18;1-11-10(8-14-15(2,12)13)9-6-4-3-5-7-9;10-7-3-1-2-6(9(11,12)13)5(7)4-15-8(14)16;1-6(9)5-7(10)11-8(2,3)4/h4-14,23H,15-16,31H2,1-3H3;4-9H,10H2,1-3H3,(H,23,25,26);3-5H,6H2,1-2H3,(H,16,18,19);3-6H,7H2,1-2H3,(H,15,17,18);3-7,10-11H,8H2,1-2H3;1-3H,4H2,(H3,14,15,16);5H2,1-4H3/t23-;;;;10-;;/m0...0../s1. The number of halogens is 11. The number of aryl methyl sites for hydroxylation is 5. The lowest BCUT2D eigenvalue weighted by Crippen LogP contribution is -2.44. The van der Waals surface area contributed by atoms with Gasteiger partial charge in [-0.15, -0.1) is 0 Å². The average molecular weight is 2110 g/mol. The van der Waals surface area contributed by atoms with Crippen LogP contribution < -0.4 is 76.6 Å². The summed E-state index contributed by atoms with van der Waals surface area (Å²) in [5.41, 5.74) is 11.8. The number of carbonyl (C=O) groups is 3. The quantitative estimate of drug-likeness (QED) is 0.00971. The zero-order valence-corrected chi connectivity index (χ0v) is 83.2. The monoisotopic (exact) mass is 2110 g/mol. The van der Waals surface area contributed by atoms with E-state index >= 15 is 4.39 Å². The molecule has 0 aliphatic carbocycles. The Bertz CT molecular complexity index is 7270. The smallest absolute Gasteiger partial charge is 0.416 e. The van der Waals surface area contributed by atoms with Crippen LogP contribution in [0.5, 0.6) is 11.5 Å². The number of aromatic nitrogens is 8. The van der Waals surface area contributed by atoms with Crippen molar-refractivity contribution in [3.8, 4) is 33.8 Å². The third-order valence-electron chi connectivity index (χ3n) is 21.6. The van der Waals surface area contributed by atoms with Gasteiger partial charge in [0.05, 0.1) is 86.1 Å². The average Bonchev–Trinajstić information content (AvgIpc) is 0.731. The first kappa shape index (κ1) is 115. The minimum Gasteiger partial charge on any atom is -0.494 e. The molecule has 13 rings (SSSR count). The Balaban J connectivity index is 0.000000233. The zero-order chi connectivity index (χ0) is 106. The molecule has 29 nitrogen and oxygen atoms in total. The van der Waals surface area contributed by atoms with Crippen LogP contribution in [0.15, 0.2) is 232 Å². The van der Waals surface area contributed by atoms with E-state index in [0.29, 0.717) is 48.3 Å². The summed E-state index contributed by atoms with van der Waals surface area (Å²) in [6, 6.07) is 48.3. The van der Waals surface area contributed by atoms with Crippen LogP contribution in [0.3, 0.4) is 0 Å². The number of urea groups is 1. The molecule has 13 aromatic rings. The molecule has 9 aromatic carbocycles. The second-order valence-electron chi connectivity index (χ2n) is 33.0. The fourth-order valence-electron chi connectivity index (χ4n) is 14.1. The molecule has 2 atom stereocenters. The normalized spacial score (nSPS) is 11.4. The first-order valence-electron chi connectivity index (χ1n) is 43.2. The number of rotatable bonds is 24. The van der Waals surface area contributed by atoms with Crippen molar-refractivity contribution >= 4 is 50.5 Å². The van der Waals surface area contributed by atoms with E-state index in [1.807, 2.05) is 76.4 Å². The first-order valence-corrected chi connectivity index (χ1v) is 46.1. The van der Waals surface area contributed by atoms with Gasteiger partial charge in [0, 0.05) is 80.4 Å². The third kappa shape index (κ3) is 31.8. The number of nitrogens with one attached hydrogen (secondary N) is 5. The minimum absolute atomic E-state index is 0.00000709.